The molecule has 19 heavy (non-hydrogen) atoms. The van der Waals surface area contributed by atoms with Crippen molar-refractivity contribution in [3.8, 4) is 0 Å². The van der Waals surface area contributed by atoms with Crippen molar-refractivity contribution in [3.63, 3.8) is 0 Å². The summed E-state index contributed by atoms with van der Waals surface area (Å²) in [6, 6.07) is 9.39. The quantitative estimate of drug-likeness (QED) is 0.904. The van der Waals surface area contributed by atoms with Crippen molar-refractivity contribution in [2.45, 2.75) is 12.7 Å². The molecule has 2 N–H and O–H groups in total. The lowest BCUT2D eigenvalue weighted by Gasteiger charge is -2.10. The van der Waals surface area contributed by atoms with Gasteiger partial charge in [-0.25, -0.2) is 8.42 Å². The minimum Gasteiger partial charge on any atom is -0.330 e. The molecule has 2 rings (SSSR count). The maximum Gasteiger partial charge on any atom is 0.154 e. The summed E-state index contributed by atoms with van der Waals surface area (Å²) in [5.74, 6) is 0.117. The molecule has 0 amide bonds. The van der Waals surface area contributed by atoms with Gasteiger partial charge in [-0.15, -0.1) is 0 Å². The van der Waals surface area contributed by atoms with Crippen molar-refractivity contribution in [3.05, 3.63) is 42.1 Å². The molecule has 1 aromatic carbocycles. The number of fused-ring (bicyclic) bond motifs is 1. The normalized spacial score (nSPS) is 13.6. The Kier molecular flexibility index (Phi) is 4.17. The second kappa shape index (κ2) is 5.67. The van der Waals surface area contributed by atoms with Gasteiger partial charge < -0.3 is 5.73 Å². The zero-order chi connectivity index (χ0) is 13.9. The third-order valence-electron chi connectivity index (χ3n) is 3.03. The Bertz CT molecular complexity index is 663. The average molecular weight is 278 g/mol. The molecule has 0 aliphatic carbocycles. The minimum absolute atomic E-state index is 0.0195. The summed E-state index contributed by atoms with van der Waals surface area (Å²) < 4.78 is 24.3. The molecule has 4 nitrogen and oxygen atoms in total. The molecule has 1 atom stereocenters. The van der Waals surface area contributed by atoms with Crippen molar-refractivity contribution >= 4 is 20.7 Å². The summed E-state index contributed by atoms with van der Waals surface area (Å²) in [6.07, 6.45) is 1.68. The van der Waals surface area contributed by atoms with Crippen molar-refractivity contribution in [2.75, 3.05) is 12.3 Å². The molecule has 0 spiro atoms. The Morgan fingerprint density at radius 2 is 2.00 bits per heavy atom. The number of aromatic nitrogens is 1. The highest BCUT2D eigenvalue weighted by Gasteiger charge is 2.17. The fraction of sp³-hybridized carbons (Fsp3) is 0.357. The van der Waals surface area contributed by atoms with Gasteiger partial charge >= 0.3 is 0 Å². The van der Waals surface area contributed by atoms with Crippen molar-refractivity contribution in [1.29, 1.82) is 0 Å². The van der Waals surface area contributed by atoms with Crippen LogP contribution in [0, 0.1) is 5.92 Å². The second-order valence-electron chi connectivity index (χ2n) is 4.89. The second-order valence-corrected chi connectivity index (χ2v) is 7.00. The Morgan fingerprint density at radius 1 is 1.26 bits per heavy atom. The summed E-state index contributed by atoms with van der Waals surface area (Å²) in [5, 5.41) is 0.960. The molecular formula is C14H18N2O2S. The number of nitrogens with zero attached hydrogens (tertiary/aromatic N) is 1. The van der Waals surface area contributed by atoms with E-state index in [2.05, 4.69) is 4.98 Å². The maximum absolute atomic E-state index is 12.1. The van der Waals surface area contributed by atoms with Gasteiger partial charge in [0.25, 0.3) is 0 Å². The molecule has 102 valence electrons. The van der Waals surface area contributed by atoms with Crippen LogP contribution in [-0.4, -0.2) is 25.7 Å². The molecule has 0 fully saturated rings. The van der Waals surface area contributed by atoms with Crippen LogP contribution in [0.15, 0.2) is 36.5 Å². The highest BCUT2D eigenvalue weighted by atomic mass is 32.2. The molecule has 0 aliphatic rings. The zero-order valence-corrected chi connectivity index (χ0v) is 11.7. The van der Waals surface area contributed by atoms with Crippen LogP contribution in [0.4, 0.5) is 0 Å². The van der Waals surface area contributed by atoms with Crippen LogP contribution in [0.2, 0.25) is 0 Å². The monoisotopic (exact) mass is 278 g/mol. The molecule has 5 heteroatoms. The van der Waals surface area contributed by atoms with Gasteiger partial charge in [0.2, 0.25) is 0 Å². The highest BCUT2D eigenvalue weighted by Crippen LogP contribution is 2.19. The molecule has 2 aromatic rings. The fourth-order valence-electron chi connectivity index (χ4n) is 2.08. The largest absolute Gasteiger partial charge is 0.330 e. The molecule has 0 bridgehead atoms. The standard InChI is InChI=1S/C14H18N2O2S/c1-11(8-15)9-19(17,18)10-13-5-2-4-12-6-3-7-16-14(12)13/h2-7,11H,8-10,15H2,1H3. The number of hydrogen-bond acceptors (Lipinski definition) is 4. The van der Waals surface area contributed by atoms with E-state index in [4.69, 9.17) is 5.73 Å². The van der Waals surface area contributed by atoms with E-state index in [0.717, 1.165) is 16.5 Å². The maximum atomic E-state index is 12.1. The van der Waals surface area contributed by atoms with Crippen LogP contribution in [0.3, 0.4) is 0 Å². The van der Waals surface area contributed by atoms with Crippen molar-refractivity contribution in [2.24, 2.45) is 11.7 Å². The van der Waals surface area contributed by atoms with Crippen LogP contribution >= 0.6 is 0 Å². The van der Waals surface area contributed by atoms with E-state index >= 15 is 0 Å². The van der Waals surface area contributed by atoms with E-state index < -0.39 is 9.84 Å². The summed E-state index contributed by atoms with van der Waals surface area (Å²) in [7, 11) is -3.16. The smallest absolute Gasteiger partial charge is 0.154 e. The van der Waals surface area contributed by atoms with Gasteiger partial charge in [0.05, 0.1) is 17.0 Å². The Balaban J connectivity index is 2.31. The van der Waals surface area contributed by atoms with E-state index in [9.17, 15) is 8.42 Å². The summed E-state index contributed by atoms with van der Waals surface area (Å²) >= 11 is 0. The average Bonchev–Trinajstić information content (AvgIpc) is 2.38. The Hall–Kier alpha value is -1.46. The first-order chi connectivity index (χ1) is 9.02. The van der Waals surface area contributed by atoms with Gasteiger partial charge in [0.15, 0.2) is 9.84 Å². The van der Waals surface area contributed by atoms with E-state index in [1.54, 1.807) is 6.20 Å². The summed E-state index contributed by atoms with van der Waals surface area (Å²) in [6.45, 7) is 2.23. The fourth-order valence-corrected chi connectivity index (χ4v) is 3.91. The third kappa shape index (κ3) is 3.52. The molecule has 1 aromatic heterocycles. The molecule has 0 saturated heterocycles. The Morgan fingerprint density at radius 3 is 2.74 bits per heavy atom. The van der Waals surface area contributed by atoms with E-state index in [1.165, 1.54) is 0 Å². The van der Waals surface area contributed by atoms with Crippen LogP contribution in [0.5, 0.6) is 0 Å². The minimum atomic E-state index is -3.16. The first-order valence-corrected chi connectivity index (χ1v) is 8.07. The topological polar surface area (TPSA) is 73.1 Å². The first kappa shape index (κ1) is 14.0. The molecule has 0 saturated carbocycles. The van der Waals surface area contributed by atoms with E-state index in [0.29, 0.717) is 6.54 Å². The van der Waals surface area contributed by atoms with Gasteiger partial charge in [-0.3, -0.25) is 4.98 Å². The zero-order valence-electron chi connectivity index (χ0n) is 10.9. The molecule has 0 aliphatic heterocycles. The molecule has 0 radical (unpaired) electrons. The third-order valence-corrected chi connectivity index (χ3v) is 4.86. The van der Waals surface area contributed by atoms with Gasteiger partial charge in [-0.1, -0.05) is 31.2 Å². The van der Waals surface area contributed by atoms with Crippen molar-refractivity contribution < 1.29 is 8.42 Å². The van der Waals surface area contributed by atoms with Gasteiger partial charge in [-0.05, 0) is 24.1 Å². The number of sulfone groups is 1. The molecule has 1 heterocycles. The van der Waals surface area contributed by atoms with Gasteiger partial charge in [-0.2, -0.15) is 0 Å². The number of benzene rings is 1. The van der Waals surface area contributed by atoms with Crippen LogP contribution in [0.25, 0.3) is 10.9 Å². The van der Waals surface area contributed by atoms with Crippen molar-refractivity contribution in [1.82, 2.24) is 4.98 Å². The Labute approximate surface area is 113 Å². The number of para-hydroxylation sites is 1. The predicted octanol–water partition coefficient (Wildman–Crippen LogP) is 1.74. The summed E-state index contributed by atoms with van der Waals surface area (Å²) in [5.41, 5.74) is 7.00. The van der Waals surface area contributed by atoms with Gasteiger partial charge in [0, 0.05) is 11.6 Å². The number of nitrogens with two attached hydrogens (primary N) is 1. The molecule has 1 unspecified atom stereocenters. The summed E-state index contributed by atoms with van der Waals surface area (Å²) in [4.78, 5) is 4.28. The van der Waals surface area contributed by atoms with Crippen LogP contribution in [-0.2, 0) is 15.6 Å². The first-order valence-electron chi connectivity index (χ1n) is 6.25. The van der Waals surface area contributed by atoms with Gasteiger partial charge in [0.1, 0.15) is 0 Å². The number of rotatable bonds is 5. The number of pyridine rings is 1. The lowest BCUT2D eigenvalue weighted by Crippen LogP contribution is -2.22. The highest BCUT2D eigenvalue weighted by molar-refractivity contribution is 7.90. The predicted molar refractivity (Wildman–Crippen MR) is 77.5 cm³/mol. The SMILES string of the molecule is CC(CN)CS(=O)(=O)Cc1cccc2cccnc12. The van der Waals surface area contributed by atoms with Crippen LogP contribution in [0.1, 0.15) is 12.5 Å². The van der Waals surface area contributed by atoms with E-state index in [1.807, 2.05) is 37.3 Å². The lowest BCUT2D eigenvalue weighted by molar-refractivity contribution is 0.573. The number of hydrogen-bond donors (Lipinski definition) is 1. The molecular weight excluding hydrogens is 260 g/mol. The van der Waals surface area contributed by atoms with Crippen LogP contribution < -0.4 is 5.73 Å². The van der Waals surface area contributed by atoms with E-state index in [-0.39, 0.29) is 17.4 Å². The lowest BCUT2D eigenvalue weighted by atomic mass is 10.1.